The van der Waals surface area contributed by atoms with Crippen LogP contribution in [-0.4, -0.2) is 16.5 Å². The van der Waals surface area contributed by atoms with E-state index in [1.807, 2.05) is 25.3 Å². The van der Waals surface area contributed by atoms with Crippen molar-refractivity contribution in [3.63, 3.8) is 0 Å². The fourth-order valence-corrected chi connectivity index (χ4v) is 2.26. The fraction of sp³-hybridized carbons (Fsp3) is 0.286. The number of nitrogens with one attached hydrogen (secondary N) is 1. The normalized spacial score (nSPS) is 12.4. The van der Waals surface area contributed by atoms with Crippen LogP contribution in [0.4, 0.5) is 5.82 Å². The van der Waals surface area contributed by atoms with Gasteiger partial charge in [-0.25, -0.2) is 4.98 Å². The molecule has 0 amide bonds. The van der Waals surface area contributed by atoms with Crippen molar-refractivity contribution < 1.29 is 0 Å². The lowest BCUT2D eigenvalue weighted by Crippen LogP contribution is -2.24. The Balaban J connectivity index is 2.51. The first kappa shape index (κ1) is 13.8. The molecule has 0 saturated carbocycles. The Hall–Kier alpha value is -1.65. The smallest absolute Gasteiger partial charge is 0.128 e. The molecule has 4 nitrogen and oxygen atoms in total. The van der Waals surface area contributed by atoms with Crippen molar-refractivity contribution in [2.24, 2.45) is 0 Å². The quantitative estimate of drug-likeness (QED) is 0.901. The zero-order valence-electron chi connectivity index (χ0n) is 11.0. The van der Waals surface area contributed by atoms with Gasteiger partial charge in [0.1, 0.15) is 5.82 Å². The van der Waals surface area contributed by atoms with Crippen LogP contribution in [0.3, 0.4) is 0 Å². The maximum Gasteiger partial charge on any atom is 0.128 e. The highest BCUT2D eigenvalue weighted by Crippen LogP contribution is 2.29. The monoisotopic (exact) mass is 276 g/mol. The van der Waals surface area contributed by atoms with Crippen LogP contribution in [-0.2, 0) is 0 Å². The number of hydrogen-bond donors (Lipinski definition) is 2. The number of nitrogens with zero attached hydrogens (tertiary/aromatic N) is 2. The van der Waals surface area contributed by atoms with E-state index in [1.165, 1.54) is 0 Å². The molecular weight excluding hydrogens is 260 g/mol. The minimum atomic E-state index is -0.0285. The number of aromatic nitrogens is 2. The van der Waals surface area contributed by atoms with Crippen molar-refractivity contribution in [3.8, 4) is 0 Å². The summed E-state index contributed by atoms with van der Waals surface area (Å²) in [5.41, 5.74) is 9.11. The van der Waals surface area contributed by atoms with E-state index in [1.54, 1.807) is 12.4 Å². The van der Waals surface area contributed by atoms with Crippen LogP contribution < -0.4 is 11.1 Å². The number of nitrogens with two attached hydrogens (primary N) is 1. The summed E-state index contributed by atoms with van der Waals surface area (Å²) in [5.74, 6) is 0.492. The summed E-state index contributed by atoms with van der Waals surface area (Å²) in [5, 5.41) is 4.00. The lowest BCUT2D eigenvalue weighted by atomic mass is 9.96. The number of nitrogen functional groups attached to an aromatic ring is 1. The molecule has 0 saturated heterocycles. The zero-order chi connectivity index (χ0) is 13.8. The molecule has 0 fully saturated rings. The second kappa shape index (κ2) is 5.99. The van der Waals surface area contributed by atoms with Gasteiger partial charge in [0.25, 0.3) is 0 Å². The van der Waals surface area contributed by atoms with Crippen LogP contribution in [0.2, 0.25) is 5.02 Å². The number of aryl methyl sites for hydroxylation is 1. The molecule has 0 aliphatic rings. The number of halogens is 1. The summed E-state index contributed by atoms with van der Waals surface area (Å²) in [7, 11) is 0. The number of rotatable bonds is 4. The molecule has 0 bridgehead atoms. The molecule has 2 rings (SSSR count). The van der Waals surface area contributed by atoms with Crippen molar-refractivity contribution in [3.05, 3.63) is 52.4 Å². The average molecular weight is 277 g/mol. The number of anilines is 1. The molecule has 2 heterocycles. The molecule has 1 unspecified atom stereocenters. The lowest BCUT2D eigenvalue weighted by Gasteiger charge is -2.21. The Bertz CT molecular complexity index is 571. The van der Waals surface area contributed by atoms with E-state index in [2.05, 4.69) is 22.2 Å². The Morgan fingerprint density at radius 3 is 2.84 bits per heavy atom. The maximum atomic E-state index is 6.03. The van der Waals surface area contributed by atoms with Gasteiger partial charge in [-0.3, -0.25) is 4.98 Å². The van der Waals surface area contributed by atoms with Crippen molar-refractivity contribution in [1.29, 1.82) is 0 Å². The summed E-state index contributed by atoms with van der Waals surface area (Å²) in [4.78, 5) is 8.25. The number of hydrogen-bond acceptors (Lipinski definition) is 4. The highest BCUT2D eigenvalue weighted by Gasteiger charge is 2.18. The summed E-state index contributed by atoms with van der Waals surface area (Å²) < 4.78 is 0. The van der Waals surface area contributed by atoms with Crippen LogP contribution in [0.1, 0.15) is 29.7 Å². The SMILES string of the molecule is CCNC(c1ccncc1C)c1cc(Cl)cnc1N. The van der Waals surface area contributed by atoms with Crippen molar-refractivity contribution >= 4 is 17.4 Å². The van der Waals surface area contributed by atoms with Crippen LogP contribution >= 0.6 is 11.6 Å². The molecule has 100 valence electrons. The van der Waals surface area contributed by atoms with E-state index in [0.717, 1.165) is 23.2 Å². The van der Waals surface area contributed by atoms with Crippen LogP contribution in [0.25, 0.3) is 0 Å². The zero-order valence-corrected chi connectivity index (χ0v) is 11.8. The van der Waals surface area contributed by atoms with Gasteiger partial charge in [-0.05, 0) is 36.7 Å². The molecule has 0 aromatic carbocycles. The summed E-state index contributed by atoms with van der Waals surface area (Å²) in [6.07, 6.45) is 5.18. The summed E-state index contributed by atoms with van der Waals surface area (Å²) >= 11 is 6.03. The Labute approximate surface area is 118 Å². The first-order valence-corrected chi connectivity index (χ1v) is 6.56. The second-order valence-corrected chi connectivity index (χ2v) is 4.79. The molecule has 0 aliphatic carbocycles. The van der Waals surface area contributed by atoms with Crippen molar-refractivity contribution in [1.82, 2.24) is 15.3 Å². The Morgan fingerprint density at radius 2 is 2.16 bits per heavy atom. The van der Waals surface area contributed by atoms with Gasteiger partial charge < -0.3 is 11.1 Å². The molecule has 3 N–H and O–H groups in total. The van der Waals surface area contributed by atoms with Gasteiger partial charge in [0, 0.05) is 24.2 Å². The third-order valence-corrected chi connectivity index (χ3v) is 3.22. The summed E-state index contributed by atoms with van der Waals surface area (Å²) in [6.45, 7) is 4.90. The Kier molecular flexibility index (Phi) is 4.35. The molecule has 2 aromatic heterocycles. The molecule has 19 heavy (non-hydrogen) atoms. The third-order valence-electron chi connectivity index (χ3n) is 3.01. The highest BCUT2D eigenvalue weighted by atomic mass is 35.5. The van der Waals surface area contributed by atoms with E-state index in [-0.39, 0.29) is 6.04 Å². The topological polar surface area (TPSA) is 63.8 Å². The molecule has 0 aliphatic heterocycles. The van der Waals surface area contributed by atoms with Crippen molar-refractivity contribution in [2.45, 2.75) is 19.9 Å². The minimum Gasteiger partial charge on any atom is -0.383 e. The molecular formula is C14H17ClN4. The standard InChI is InChI=1S/C14H17ClN4/c1-3-18-13(11-4-5-17-7-9(11)2)12-6-10(15)8-19-14(12)16/h4-8,13,18H,3H2,1-2H3,(H2,16,19). The lowest BCUT2D eigenvalue weighted by molar-refractivity contribution is 0.627. The van der Waals surface area contributed by atoms with E-state index < -0.39 is 0 Å². The molecule has 0 spiro atoms. The van der Waals surface area contributed by atoms with Crippen LogP contribution in [0.5, 0.6) is 0 Å². The summed E-state index contributed by atoms with van der Waals surface area (Å²) in [6, 6.07) is 3.82. The average Bonchev–Trinajstić information content (AvgIpc) is 2.40. The fourth-order valence-electron chi connectivity index (χ4n) is 2.10. The first-order chi connectivity index (χ1) is 9.13. The highest BCUT2D eigenvalue weighted by molar-refractivity contribution is 6.30. The third kappa shape index (κ3) is 3.03. The van der Waals surface area contributed by atoms with E-state index in [0.29, 0.717) is 10.8 Å². The van der Waals surface area contributed by atoms with Crippen LogP contribution in [0, 0.1) is 6.92 Å². The van der Waals surface area contributed by atoms with E-state index in [9.17, 15) is 0 Å². The van der Waals surface area contributed by atoms with Gasteiger partial charge in [-0.1, -0.05) is 18.5 Å². The maximum absolute atomic E-state index is 6.03. The molecule has 1 atom stereocenters. The Morgan fingerprint density at radius 1 is 1.37 bits per heavy atom. The largest absolute Gasteiger partial charge is 0.383 e. The first-order valence-electron chi connectivity index (χ1n) is 6.18. The minimum absolute atomic E-state index is 0.0285. The van der Waals surface area contributed by atoms with Gasteiger partial charge in [0.05, 0.1) is 11.1 Å². The predicted octanol–water partition coefficient (Wildman–Crippen LogP) is 2.72. The molecule has 0 radical (unpaired) electrons. The van der Waals surface area contributed by atoms with E-state index >= 15 is 0 Å². The van der Waals surface area contributed by atoms with Gasteiger partial charge in [-0.2, -0.15) is 0 Å². The van der Waals surface area contributed by atoms with Gasteiger partial charge in [-0.15, -0.1) is 0 Å². The van der Waals surface area contributed by atoms with Gasteiger partial charge >= 0.3 is 0 Å². The predicted molar refractivity (Wildman–Crippen MR) is 78.2 cm³/mol. The van der Waals surface area contributed by atoms with Crippen LogP contribution in [0.15, 0.2) is 30.7 Å². The molecule has 5 heteroatoms. The second-order valence-electron chi connectivity index (χ2n) is 4.35. The molecule has 2 aromatic rings. The number of pyridine rings is 2. The van der Waals surface area contributed by atoms with Crippen molar-refractivity contribution in [2.75, 3.05) is 12.3 Å². The van der Waals surface area contributed by atoms with E-state index in [4.69, 9.17) is 17.3 Å². The van der Waals surface area contributed by atoms with Gasteiger partial charge in [0.15, 0.2) is 0 Å². The van der Waals surface area contributed by atoms with Gasteiger partial charge in [0.2, 0.25) is 0 Å².